The summed E-state index contributed by atoms with van der Waals surface area (Å²) in [4.78, 5) is 33.1. The molecule has 0 spiro atoms. The molecule has 0 aromatic heterocycles. The molecule has 0 aliphatic heterocycles. The van der Waals surface area contributed by atoms with Crippen LogP contribution in [0.5, 0.6) is 0 Å². The van der Waals surface area contributed by atoms with E-state index >= 15 is 0 Å². The molecular formula is C9H16N2O5. The maximum atomic E-state index is 11.5. The van der Waals surface area contributed by atoms with Gasteiger partial charge in [-0.25, -0.2) is 0 Å². The molecule has 0 radical (unpaired) electrons. The lowest BCUT2D eigenvalue weighted by atomic mass is 10.3. The lowest BCUT2D eigenvalue weighted by molar-refractivity contribution is -0.149. The summed E-state index contributed by atoms with van der Waals surface area (Å²) < 4.78 is 0. The molecule has 0 aliphatic rings. The molecule has 0 bridgehead atoms. The highest BCUT2D eigenvalue weighted by Crippen LogP contribution is 1.90. The molecule has 0 aromatic carbocycles. The Morgan fingerprint density at radius 1 is 1.12 bits per heavy atom. The number of amides is 1. The largest absolute Gasteiger partial charge is 0.480 e. The summed E-state index contributed by atoms with van der Waals surface area (Å²) in [6.07, 6.45) is 0. The summed E-state index contributed by atoms with van der Waals surface area (Å²) >= 11 is 0. The van der Waals surface area contributed by atoms with Gasteiger partial charge in [-0.05, 0) is 0 Å². The number of nitrogens with one attached hydrogen (secondary N) is 1. The van der Waals surface area contributed by atoms with Gasteiger partial charge in [0.1, 0.15) is 13.1 Å². The summed E-state index contributed by atoms with van der Waals surface area (Å²) in [5, 5.41) is 19.8. The second-order valence-electron chi connectivity index (χ2n) is 3.57. The number of carboxylic acid groups (broad SMARTS) is 2. The zero-order chi connectivity index (χ0) is 12.7. The highest BCUT2D eigenvalue weighted by molar-refractivity contribution is 5.86. The van der Waals surface area contributed by atoms with E-state index in [2.05, 4.69) is 5.32 Å². The van der Waals surface area contributed by atoms with Gasteiger partial charge in [0.15, 0.2) is 0 Å². The van der Waals surface area contributed by atoms with E-state index in [4.69, 9.17) is 10.2 Å². The standard InChI is InChI=1S/C9H16N2O5/c1-6(2)10-3-7(12)11(4-8(13)14)5-9(15)16/h6,10H,3-5H2,1-2H3,(H,13,14)(H,15,16). The third-order valence-electron chi connectivity index (χ3n) is 1.67. The van der Waals surface area contributed by atoms with E-state index in [1.165, 1.54) is 0 Å². The molecule has 0 aromatic rings. The molecule has 16 heavy (non-hydrogen) atoms. The third-order valence-corrected chi connectivity index (χ3v) is 1.67. The summed E-state index contributed by atoms with van der Waals surface area (Å²) in [6.45, 7) is 2.37. The normalized spacial score (nSPS) is 10.2. The van der Waals surface area contributed by atoms with Gasteiger partial charge in [0.25, 0.3) is 0 Å². The van der Waals surface area contributed by atoms with Gasteiger partial charge in [-0.2, -0.15) is 0 Å². The molecule has 0 rings (SSSR count). The fraction of sp³-hybridized carbons (Fsp3) is 0.667. The van der Waals surface area contributed by atoms with Gasteiger partial charge in [-0.15, -0.1) is 0 Å². The van der Waals surface area contributed by atoms with E-state index in [-0.39, 0.29) is 12.6 Å². The molecule has 0 saturated carbocycles. The van der Waals surface area contributed by atoms with Crippen molar-refractivity contribution in [3.05, 3.63) is 0 Å². The molecule has 7 nitrogen and oxygen atoms in total. The van der Waals surface area contributed by atoms with Crippen molar-refractivity contribution in [2.45, 2.75) is 19.9 Å². The first-order chi connectivity index (χ1) is 7.32. The Morgan fingerprint density at radius 2 is 1.56 bits per heavy atom. The lowest BCUT2D eigenvalue weighted by Gasteiger charge is -2.19. The molecular weight excluding hydrogens is 216 g/mol. The number of nitrogens with zero attached hydrogens (tertiary/aromatic N) is 1. The third kappa shape index (κ3) is 6.77. The fourth-order valence-corrected chi connectivity index (χ4v) is 0.962. The predicted octanol–water partition coefficient (Wildman–Crippen LogP) is -1.02. The smallest absolute Gasteiger partial charge is 0.323 e. The molecule has 92 valence electrons. The highest BCUT2D eigenvalue weighted by atomic mass is 16.4. The molecule has 0 fully saturated rings. The molecule has 0 heterocycles. The van der Waals surface area contributed by atoms with Gasteiger partial charge in [0.2, 0.25) is 5.91 Å². The van der Waals surface area contributed by atoms with Crippen LogP contribution in [0, 0.1) is 0 Å². The minimum atomic E-state index is -1.24. The molecule has 0 unspecified atom stereocenters. The van der Waals surface area contributed by atoms with Gasteiger partial charge >= 0.3 is 11.9 Å². The van der Waals surface area contributed by atoms with Crippen LogP contribution in [0.3, 0.4) is 0 Å². The maximum absolute atomic E-state index is 11.5. The Hall–Kier alpha value is -1.63. The minimum Gasteiger partial charge on any atom is -0.480 e. The van der Waals surface area contributed by atoms with Crippen LogP contribution in [0.4, 0.5) is 0 Å². The van der Waals surface area contributed by atoms with E-state index in [0.29, 0.717) is 0 Å². The summed E-state index contributed by atoms with van der Waals surface area (Å²) in [6, 6.07) is 0.0699. The zero-order valence-electron chi connectivity index (χ0n) is 9.27. The van der Waals surface area contributed by atoms with Gasteiger partial charge in [-0.1, -0.05) is 13.8 Å². The summed E-state index contributed by atoms with van der Waals surface area (Å²) in [5.74, 6) is -3.02. The molecule has 0 aliphatic carbocycles. The zero-order valence-corrected chi connectivity index (χ0v) is 9.27. The quantitative estimate of drug-likeness (QED) is 0.518. The van der Waals surface area contributed by atoms with E-state index in [1.54, 1.807) is 0 Å². The SMILES string of the molecule is CC(C)NCC(=O)N(CC(=O)O)CC(=O)O. The Morgan fingerprint density at radius 3 is 1.88 bits per heavy atom. The van der Waals surface area contributed by atoms with Gasteiger partial charge in [0.05, 0.1) is 6.54 Å². The van der Waals surface area contributed by atoms with E-state index in [1.807, 2.05) is 13.8 Å². The van der Waals surface area contributed by atoms with Crippen molar-refractivity contribution in [2.24, 2.45) is 0 Å². The number of carboxylic acids is 2. The van der Waals surface area contributed by atoms with Crippen LogP contribution in [0.1, 0.15) is 13.8 Å². The van der Waals surface area contributed by atoms with Crippen molar-refractivity contribution in [1.29, 1.82) is 0 Å². The van der Waals surface area contributed by atoms with Crippen molar-refractivity contribution in [3.8, 4) is 0 Å². The number of carbonyl (C=O) groups excluding carboxylic acids is 1. The number of rotatable bonds is 7. The van der Waals surface area contributed by atoms with Crippen molar-refractivity contribution < 1.29 is 24.6 Å². The van der Waals surface area contributed by atoms with E-state index in [9.17, 15) is 14.4 Å². The minimum absolute atomic E-state index is 0.0699. The first-order valence-electron chi connectivity index (χ1n) is 4.77. The Balaban J connectivity index is 4.31. The average Bonchev–Trinajstić information content (AvgIpc) is 2.11. The topological polar surface area (TPSA) is 107 Å². The average molecular weight is 232 g/mol. The molecule has 0 saturated heterocycles. The van der Waals surface area contributed by atoms with Crippen molar-refractivity contribution >= 4 is 17.8 Å². The Labute approximate surface area is 93.0 Å². The first-order valence-corrected chi connectivity index (χ1v) is 4.77. The highest BCUT2D eigenvalue weighted by Gasteiger charge is 2.19. The molecule has 0 atom stereocenters. The number of hydrogen-bond acceptors (Lipinski definition) is 4. The van der Waals surface area contributed by atoms with Crippen LogP contribution < -0.4 is 5.32 Å². The monoisotopic (exact) mass is 232 g/mol. The van der Waals surface area contributed by atoms with Crippen LogP contribution in [0.2, 0.25) is 0 Å². The molecule has 1 amide bonds. The van der Waals surface area contributed by atoms with Crippen molar-refractivity contribution in [3.63, 3.8) is 0 Å². The number of hydrogen-bond donors (Lipinski definition) is 3. The fourth-order valence-electron chi connectivity index (χ4n) is 0.962. The molecule has 3 N–H and O–H groups in total. The lowest BCUT2D eigenvalue weighted by Crippen LogP contribution is -2.44. The second-order valence-corrected chi connectivity index (χ2v) is 3.57. The van der Waals surface area contributed by atoms with Crippen LogP contribution >= 0.6 is 0 Å². The van der Waals surface area contributed by atoms with Crippen LogP contribution in [-0.2, 0) is 14.4 Å². The van der Waals surface area contributed by atoms with Crippen LogP contribution in [-0.4, -0.2) is 58.6 Å². The first kappa shape index (κ1) is 14.4. The maximum Gasteiger partial charge on any atom is 0.323 e. The van der Waals surface area contributed by atoms with Gasteiger partial charge < -0.3 is 20.4 Å². The summed E-state index contributed by atoms with van der Waals surface area (Å²) in [7, 11) is 0. The van der Waals surface area contributed by atoms with Crippen molar-refractivity contribution in [2.75, 3.05) is 19.6 Å². The van der Waals surface area contributed by atoms with E-state index in [0.717, 1.165) is 4.90 Å². The second kappa shape index (κ2) is 6.78. The van der Waals surface area contributed by atoms with Crippen LogP contribution in [0.25, 0.3) is 0 Å². The van der Waals surface area contributed by atoms with E-state index < -0.39 is 30.9 Å². The Bertz CT molecular complexity index is 261. The van der Waals surface area contributed by atoms with Crippen LogP contribution in [0.15, 0.2) is 0 Å². The molecule has 7 heteroatoms. The van der Waals surface area contributed by atoms with Gasteiger partial charge in [-0.3, -0.25) is 14.4 Å². The summed E-state index contributed by atoms with van der Waals surface area (Å²) in [5.41, 5.74) is 0. The number of aliphatic carboxylic acids is 2. The van der Waals surface area contributed by atoms with Crippen molar-refractivity contribution in [1.82, 2.24) is 10.2 Å². The number of carbonyl (C=O) groups is 3. The predicted molar refractivity (Wildman–Crippen MR) is 55.0 cm³/mol. The van der Waals surface area contributed by atoms with Gasteiger partial charge in [0, 0.05) is 6.04 Å². The Kier molecular flexibility index (Phi) is 6.09.